The number of benzene rings is 3. The third-order valence-electron chi connectivity index (χ3n) is 5.41. The molecule has 164 valence electrons. The molecule has 4 amide bonds. The van der Waals surface area contributed by atoms with Crippen molar-refractivity contribution >= 4 is 52.0 Å². The summed E-state index contributed by atoms with van der Waals surface area (Å²) in [5.41, 5.74) is -0.529. The van der Waals surface area contributed by atoms with Crippen molar-refractivity contribution in [3.8, 4) is 0 Å². The number of nitrogens with one attached hydrogen (secondary N) is 2. The molecule has 0 radical (unpaired) electrons. The Morgan fingerprint density at radius 2 is 1.78 bits per heavy atom. The van der Waals surface area contributed by atoms with E-state index in [0.717, 1.165) is 20.6 Å². The van der Waals surface area contributed by atoms with E-state index in [1.165, 1.54) is 0 Å². The summed E-state index contributed by atoms with van der Waals surface area (Å²) in [6, 6.07) is 20.2. The molecule has 0 aromatic heterocycles. The van der Waals surface area contributed by atoms with Gasteiger partial charge in [0, 0.05) is 22.2 Å². The molecule has 1 fully saturated rings. The first kappa shape index (κ1) is 22.2. The summed E-state index contributed by atoms with van der Waals surface area (Å²) in [4.78, 5) is 40.2. The van der Waals surface area contributed by atoms with Crippen molar-refractivity contribution in [2.24, 2.45) is 0 Å². The zero-order chi connectivity index (χ0) is 22.7. The van der Waals surface area contributed by atoms with Crippen molar-refractivity contribution in [3.63, 3.8) is 0 Å². The maximum atomic E-state index is 13.2. The largest absolute Gasteiger partial charge is 0.354 e. The lowest BCUT2D eigenvalue weighted by molar-refractivity contribution is -0.134. The third kappa shape index (κ3) is 4.45. The summed E-state index contributed by atoms with van der Waals surface area (Å²) in [6.07, 6.45) is 0. The molecule has 8 heteroatoms. The first-order chi connectivity index (χ1) is 15.4. The Kier molecular flexibility index (Phi) is 6.39. The van der Waals surface area contributed by atoms with Crippen LogP contribution in [0.5, 0.6) is 0 Å². The summed E-state index contributed by atoms with van der Waals surface area (Å²) < 4.78 is 0. The number of fused-ring (bicyclic) bond motifs is 1. The van der Waals surface area contributed by atoms with Gasteiger partial charge in [-0.05, 0) is 47.5 Å². The Labute approximate surface area is 195 Å². The maximum Gasteiger partial charge on any atom is 0.325 e. The van der Waals surface area contributed by atoms with Crippen molar-refractivity contribution < 1.29 is 14.4 Å². The SMILES string of the molecule is C[C@@]1(c2cccc3ccccc23)NC(=O)N(CC(=O)NCCSc2ccc(Cl)cc2)C1=O. The van der Waals surface area contributed by atoms with Gasteiger partial charge in [-0.15, -0.1) is 11.8 Å². The van der Waals surface area contributed by atoms with E-state index in [2.05, 4.69) is 10.6 Å². The van der Waals surface area contributed by atoms with Crippen LogP contribution in [-0.4, -0.2) is 41.6 Å². The second kappa shape index (κ2) is 9.22. The summed E-state index contributed by atoms with van der Waals surface area (Å²) in [5.74, 6) is -0.168. The second-order valence-corrected chi connectivity index (χ2v) is 9.23. The number of imide groups is 1. The smallest absolute Gasteiger partial charge is 0.325 e. The number of carbonyl (C=O) groups is 3. The molecule has 0 saturated carbocycles. The zero-order valence-electron chi connectivity index (χ0n) is 17.4. The number of hydrogen-bond donors (Lipinski definition) is 2. The Balaban J connectivity index is 1.38. The average molecular weight is 468 g/mol. The molecule has 1 heterocycles. The van der Waals surface area contributed by atoms with E-state index < -0.39 is 17.5 Å². The fourth-order valence-corrected chi connectivity index (χ4v) is 4.67. The van der Waals surface area contributed by atoms with Crippen LogP contribution in [0.1, 0.15) is 12.5 Å². The molecule has 32 heavy (non-hydrogen) atoms. The van der Waals surface area contributed by atoms with Gasteiger partial charge in [0.2, 0.25) is 5.91 Å². The van der Waals surface area contributed by atoms with E-state index in [1.807, 2.05) is 66.7 Å². The van der Waals surface area contributed by atoms with Gasteiger partial charge in [-0.25, -0.2) is 4.79 Å². The highest BCUT2D eigenvalue weighted by atomic mass is 35.5. The van der Waals surface area contributed by atoms with Gasteiger partial charge in [0.25, 0.3) is 5.91 Å². The van der Waals surface area contributed by atoms with E-state index in [0.29, 0.717) is 22.9 Å². The van der Waals surface area contributed by atoms with Crippen LogP contribution < -0.4 is 10.6 Å². The number of thioether (sulfide) groups is 1. The summed E-state index contributed by atoms with van der Waals surface area (Å²) >= 11 is 7.46. The minimum atomic E-state index is -1.23. The lowest BCUT2D eigenvalue weighted by Crippen LogP contribution is -2.43. The van der Waals surface area contributed by atoms with Gasteiger partial charge < -0.3 is 10.6 Å². The average Bonchev–Trinajstić information content (AvgIpc) is 3.01. The van der Waals surface area contributed by atoms with Crippen LogP contribution in [0.4, 0.5) is 4.79 Å². The second-order valence-electron chi connectivity index (χ2n) is 7.63. The summed E-state index contributed by atoms with van der Waals surface area (Å²) in [6.45, 7) is 1.77. The molecule has 6 nitrogen and oxygen atoms in total. The van der Waals surface area contributed by atoms with Gasteiger partial charge in [0.05, 0.1) is 0 Å². The minimum absolute atomic E-state index is 0.323. The lowest BCUT2D eigenvalue weighted by Gasteiger charge is -2.24. The van der Waals surface area contributed by atoms with Crippen LogP contribution in [0, 0.1) is 0 Å². The Bertz CT molecular complexity index is 1180. The van der Waals surface area contributed by atoms with E-state index in [9.17, 15) is 14.4 Å². The number of amides is 4. The standard InChI is InChI=1S/C24H22ClN3O3S/c1-24(20-8-4-6-16-5-2-3-7-19(16)20)22(30)28(23(31)27-24)15-21(29)26-13-14-32-18-11-9-17(25)10-12-18/h2-12H,13-15H2,1H3,(H,26,29)(H,27,31)/t24-/m0/s1. The van der Waals surface area contributed by atoms with E-state index >= 15 is 0 Å². The van der Waals surface area contributed by atoms with Gasteiger partial charge in [-0.2, -0.15) is 0 Å². The van der Waals surface area contributed by atoms with Crippen LogP contribution >= 0.6 is 23.4 Å². The molecule has 1 aliphatic rings. The van der Waals surface area contributed by atoms with Gasteiger partial charge in [-0.3, -0.25) is 14.5 Å². The highest BCUT2D eigenvalue weighted by molar-refractivity contribution is 7.99. The fraction of sp³-hybridized carbons (Fsp3) is 0.208. The van der Waals surface area contributed by atoms with Crippen LogP contribution in [0.3, 0.4) is 0 Å². The highest BCUT2D eigenvalue weighted by Crippen LogP contribution is 2.33. The maximum absolute atomic E-state index is 13.2. The van der Waals surface area contributed by atoms with Gasteiger partial charge in [0.15, 0.2) is 0 Å². The summed E-state index contributed by atoms with van der Waals surface area (Å²) in [5, 5.41) is 8.08. The Morgan fingerprint density at radius 3 is 2.56 bits per heavy atom. The van der Waals surface area contributed by atoms with Gasteiger partial charge in [-0.1, -0.05) is 54.1 Å². The number of nitrogens with zero attached hydrogens (tertiary/aromatic N) is 1. The van der Waals surface area contributed by atoms with Crippen LogP contribution in [0.2, 0.25) is 5.02 Å². The van der Waals surface area contributed by atoms with Crippen LogP contribution in [0.25, 0.3) is 10.8 Å². The predicted molar refractivity (Wildman–Crippen MR) is 127 cm³/mol. The Hall–Kier alpha value is -3.03. The molecule has 1 atom stereocenters. The minimum Gasteiger partial charge on any atom is -0.354 e. The summed E-state index contributed by atoms with van der Waals surface area (Å²) in [7, 11) is 0. The number of urea groups is 1. The van der Waals surface area contributed by atoms with Crippen molar-refractivity contribution in [2.75, 3.05) is 18.8 Å². The molecule has 0 bridgehead atoms. The van der Waals surface area contributed by atoms with Crippen LogP contribution in [-0.2, 0) is 15.1 Å². The van der Waals surface area contributed by atoms with Crippen molar-refractivity contribution in [1.29, 1.82) is 0 Å². The zero-order valence-corrected chi connectivity index (χ0v) is 19.0. The molecule has 3 aromatic carbocycles. The number of hydrogen-bond acceptors (Lipinski definition) is 4. The molecule has 3 aromatic rings. The van der Waals surface area contributed by atoms with Crippen molar-refractivity contribution in [2.45, 2.75) is 17.4 Å². The predicted octanol–water partition coefficient (Wildman–Crippen LogP) is 4.17. The molecule has 0 unspecified atom stereocenters. The number of rotatable bonds is 7. The number of carbonyl (C=O) groups excluding carboxylic acids is 3. The fourth-order valence-electron chi connectivity index (χ4n) is 3.77. The third-order valence-corrected chi connectivity index (χ3v) is 6.68. The quantitative estimate of drug-likeness (QED) is 0.310. The molecule has 1 aliphatic heterocycles. The van der Waals surface area contributed by atoms with Crippen LogP contribution in [0.15, 0.2) is 71.6 Å². The topological polar surface area (TPSA) is 78.5 Å². The molecule has 2 N–H and O–H groups in total. The molecule has 0 spiro atoms. The highest BCUT2D eigenvalue weighted by Gasteiger charge is 2.50. The molecular weight excluding hydrogens is 446 g/mol. The normalized spacial score (nSPS) is 18.1. The lowest BCUT2D eigenvalue weighted by atomic mass is 9.88. The van der Waals surface area contributed by atoms with Crippen molar-refractivity contribution in [1.82, 2.24) is 15.5 Å². The molecule has 4 rings (SSSR count). The molecule has 0 aliphatic carbocycles. The number of halogens is 1. The Morgan fingerprint density at radius 1 is 1.06 bits per heavy atom. The first-order valence-corrected chi connectivity index (χ1v) is 11.5. The van der Waals surface area contributed by atoms with Crippen molar-refractivity contribution in [3.05, 3.63) is 77.3 Å². The van der Waals surface area contributed by atoms with Gasteiger partial charge >= 0.3 is 6.03 Å². The molecular formula is C24H22ClN3O3S. The molecule has 1 saturated heterocycles. The van der Waals surface area contributed by atoms with Gasteiger partial charge in [0.1, 0.15) is 12.1 Å². The van der Waals surface area contributed by atoms with E-state index in [4.69, 9.17) is 11.6 Å². The van der Waals surface area contributed by atoms with E-state index in [-0.39, 0.29) is 12.5 Å². The van der Waals surface area contributed by atoms with E-state index in [1.54, 1.807) is 18.7 Å². The first-order valence-electron chi connectivity index (χ1n) is 10.2. The monoisotopic (exact) mass is 467 g/mol.